The van der Waals surface area contributed by atoms with Crippen molar-refractivity contribution in [1.29, 1.82) is 0 Å². The molecule has 4 nitrogen and oxygen atoms in total. The van der Waals surface area contributed by atoms with E-state index in [9.17, 15) is 13.6 Å². The second kappa shape index (κ2) is 7.04. The Bertz CT molecular complexity index is 427. The van der Waals surface area contributed by atoms with E-state index in [-0.39, 0.29) is 12.1 Å². The molecule has 1 rings (SSSR count). The number of nitrogens with one attached hydrogen (secondary N) is 1. The molecule has 0 aliphatic rings. The number of carbonyl (C=O) groups excluding carboxylic acids is 1. The molecule has 0 aromatic heterocycles. The summed E-state index contributed by atoms with van der Waals surface area (Å²) in [5.74, 6) is -2.04. The standard InChI is InChI=1S/C13H18F2N2O2/c1-8(2)7-19-4-3-17-13(18)9-5-10(14)12(16)11(15)6-9/h5-6,8H,3-4,7,16H2,1-2H3,(H,17,18). The van der Waals surface area contributed by atoms with Gasteiger partial charge in [0, 0.05) is 18.7 Å². The number of rotatable bonds is 6. The molecule has 19 heavy (non-hydrogen) atoms. The maximum Gasteiger partial charge on any atom is 0.251 e. The highest BCUT2D eigenvalue weighted by Crippen LogP contribution is 2.16. The van der Waals surface area contributed by atoms with Crippen molar-refractivity contribution in [3.8, 4) is 0 Å². The molecule has 0 fully saturated rings. The van der Waals surface area contributed by atoms with Gasteiger partial charge in [-0.2, -0.15) is 0 Å². The van der Waals surface area contributed by atoms with Crippen LogP contribution in [0.4, 0.5) is 14.5 Å². The molecule has 1 aromatic rings. The van der Waals surface area contributed by atoms with Crippen LogP contribution >= 0.6 is 0 Å². The molecule has 0 saturated carbocycles. The second-order valence-corrected chi connectivity index (χ2v) is 4.58. The maximum absolute atomic E-state index is 13.2. The highest BCUT2D eigenvalue weighted by atomic mass is 19.1. The zero-order valence-corrected chi connectivity index (χ0v) is 11.0. The van der Waals surface area contributed by atoms with Crippen molar-refractivity contribution in [2.75, 3.05) is 25.5 Å². The van der Waals surface area contributed by atoms with Crippen molar-refractivity contribution in [2.45, 2.75) is 13.8 Å². The average molecular weight is 272 g/mol. The van der Waals surface area contributed by atoms with Crippen molar-refractivity contribution < 1.29 is 18.3 Å². The van der Waals surface area contributed by atoms with E-state index in [0.29, 0.717) is 19.1 Å². The Balaban J connectivity index is 2.46. The summed E-state index contributed by atoms with van der Waals surface area (Å²) in [7, 11) is 0. The molecule has 6 heteroatoms. The van der Waals surface area contributed by atoms with E-state index >= 15 is 0 Å². The van der Waals surface area contributed by atoms with Gasteiger partial charge < -0.3 is 15.8 Å². The zero-order valence-electron chi connectivity index (χ0n) is 11.0. The molecule has 0 spiro atoms. The molecular formula is C13H18F2N2O2. The first-order chi connectivity index (χ1) is 8.91. The minimum absolute atomic E-state index is 0.104. The van der Waals surface area contributed by atoms with Gasteiger partial charge in [0.2, 0.25) is 0 Å². The highest BCUT2D eigenvalue weighted by molar-refractivity contribution is 5.94. The zero-order chi connectivity index (χ0) is 14.4. The lowest BCUT2D eigenvalue weighted by atomic mass is 10.1. The van der Waals surface area contributed by atoms with Gasteiger partial charge in [0.05, 0.1) is 6.61 Å². The fourth-order valence-electron chi connectivity index (χ4n) is 1.37. The Labute approximate surface area is 110 Å². The molecule has 0 heterocycles. The predicted molar refractivity (Wildman–Crippen MR) is 68.8 cm³/mol. The van der Waals surface area contributed by atoms with Crippen LogP contribution in [0.3, 0.4) is 0 Å². The molecule has 1 amide bonds. The van der Waals surface area contributed by atoms with Gasteiger partial charge >= 0.3 is 0 Å². The van der Waals surface area contributed by atoms with Crippen LogP contribution in [-0.4, -0.2) is 25.7 Å². The smallest absolute Gasteiger partial charge is 0.251 e. The number of amides is 1. The van der Waals surface area contributed by atoms with Gasteiger partial charge in [-0.1, -0.05) is 13.8 Å². The Hall–Kier alpha value is -1.69. The summed E-state index contributed by atoms with van der Waals surface area (Å²) >= 11 is 0. The summed E-state index contributed by atoms with van der Waals surface area (Å²) in [5, 5.41) is 2.51. The van der Waals surface area contributed by atoms with Crippen molar-refractivity contribution in [2.24, 2.45) is 5.92 Å². The quantitative estimate of drug-likeness (QED) is 0.614. The number of nitrogens with two attached hydrogens (primary N) is 1. The van der Waals surface area contributed by atoms with Crippen LogP contribution in [0.25, 0.3) is 0 Å². The predicted octanol–water partition coefficient (Wildman–Crippen LogP) is 1.95. The van der Waals surface area contributed by atoms with Gasteiger partial charge in [-0.3, -0.25) is 4.79 Å². The summed E-state index contributed by atoms with van der Waals surface area (Å²) < 4.78 is 31.6. The number of ether oxygens (including phenoxy) is 1. The molecule has 1 aromatic carbocycles. The molecule has 0 bridgehead atoms. The van der Waals surface area contributed by atoms with E-state index in [1.54, 1.807) is 0 Å². The SMILES string of the molecule is CC(C)COCCNC(=O)c1cc(F)c(N)c(F)c1. The summed E-state index contributed by atoms with van der Waals surface area (Å²) in [6.45, 7) is 5.25. The van der Waals surface area contributed by atoms with Gasteiger partial charge in [-0.25, -0.2) is 8.78 Å². The van der Waals surface area contributed by atoms with Gasteiger partial charge in [-0.15, -0.1) is 0 Å². The first kappa shape index (κ1) is 15.4. The van der Waals surface area contributed by atoms with Crippen LogP contribution in [-0.2, 0) is 4.74 Å². The molecule has 3 N–H and O–H groups in total. The number of nitrogen functional groups attached to an aromatic ring is 1. The summed E-state index contributed by atoms with van der Waals surface area (Å²) in [5.41, 5.74) is 4.43. The van der Waals surface area contributed by atoms with E-state index in [1.807, 2.05) is 13.8 Å². The number of carbonyl (C=O) groups is 1. The minimum atomic E-state index is -0.943. The van der Waals surface area contributed by atoms with Crippen LogP contribution in [0, 0.1) is 17.6 Å². The lowest BCUT2D eigenvalue weighted by molar-refractivity contribution is 0.0885. The third-order valence-corrected chi connectivity index (χ3v) is 2.32. The topological polar surface area (TPSA) is 64.3 Å². The molecule has 0 aliphatic heterocycles. The molecule has 0 atom stereocenters. The van der Waals surface area contributed by atoms with E-state index in [1.165, 1.54) is 0 Å². The average Bonchev–Trinajstić information content (AvgIpc) is 2.34. The lowest BCUT2D eigenvalue weighted by Crippen LogP contribution is -2.28. The largest absolute Gasteiger partial charge is 0.394 e. The van der Waals surface area contributed by atoms with E-state index in [4.69, 9.17) is 10.5 Å². The molecule has 0 saturated heterocycles. The van der Waals surface area contributed by atoms with Crippen LogP contribution < -0.4 is 11.1 Å². The lowest BCUT2D eigenvalue weighted by Gasteiger charge is -2.09. The number of anilines is 1. The van der Waals surface area contributed by atoms with Crippen LogP contribution in [0.5, 0.6) is 0 Å². The summed E-state index contributed by atoms with van der Waals surface area (Å²) in [4.78, 5) is 11.6. The molecular weight excluding hydrogens is 254 g/mol. The van der Waals surface area contributed by atoms with Crippen LogP contribution in [0.1, 0.15) is 24.2 Å². The fraction of sp³-hybridized carbons (Fsp3) is 0.462. The van der Waals surface area contributed by atoms with Crippen LogP contribution in [0.2, 0.25) is 0 Å². The number of halogens is 2. The Morgan fingerprint density at radius 3 is 2.47 bits per heavy atom. The van der Waals surface area contributed by atoms with Crippen molar-refractivity contribution >= 4 is 11.6 Å². The third kappa shape index (κ3) is 4.82. The highest BCUT2D eigenvalue weighted by Gasteiger charge is 2.12. The van der Waals surface area contributed by atoms with Crippen molar-refractivity contribution in [3.05, 3.63) is 29.3 Å². The third-order valence-electron chi connectivity index (χ3n) is 2.32. The normalized spacial score (nSPS) is 10.8. The molecule has 0 unspecified atom stereocenters. The van der Waals surface area contributed by atoms with Gasteiger partial charge in [0.1, 0.15) is 17.3 Å². The van der Waals surface area contributed by atoms with E-state index < -0.39 is 23.2 Å². The fourth-order valence-corrected chi connectivity index (χ4v) is 1.37. The first-order valence-corrected chi connectivity index (χ1v) is 6.02. The van der Waals surface area contributed by atoms with E-state index in [2.05, 4.69) is 5.32 Å². The summed E-state index contributed by atoms with van der Waals surface area (Å²) in [6.07, 6.45) is 0. The Morgan fingerprint density at radius 2 is 1.95 bits per heavy atom. The Morgan fingerprint density at radius 1 is 1.37 bits per heavy atom. The van der Waals surface area contributed by atoms with E-state index in [0.717, 1.165) is 12.1 Å². The number of hydrogen-bond acceptors (Lipinski definition) is 3. The minimum Gasteiger partial charge on any atom is -0.394 e. The van der Waals surface area contributed by atoms with Gasteiger partial charge in [-0.05, 0) is 18.1 Å². The molecule has 0 aliphatic carbocycles. The van der Waals surface area contributed by atoms with Crippen LogP contribution in [0.15, 0.2) is 12.1 Å². The maximum atomic E-state index is 13.2. The number of hydrogen-bond donors (Lipinski definition) is 2. The Kier molecular flexibility index (Phi) is 5.69. The molecule has 106 valence electrons. The van der Waals surface area contributed by atoms with Gasteiger partial charge in [0.25, 0.3) is 5.91 Å². The van der Waals surface area contributed by atoms with Crippen molar-refractivity contribution in [3.63, 3.8) is 0 Å². The monoisotopic (exact) mass is 272 g/mol. The molecule has 0 radical (unpaired) electrons. The number of benzene rings is 1. The van der Waals surface area contributed by atoms with Crippen molar-refractivity contribution in [1.82, 2.24) is 5.32 Å². The second-order valence-electron chi connectivity index (χ2n) is 4.58. The first-order valence-electron chi connectivity index (χ1n) is 6.02. The van der Waals surface area contributed by atoms with Gasteiger partial charge in [0.15, 0.2) is 0 Å². The summed E-state index contributed by atoms with van der Waals surface area (Å²) in [6, 6.07) is 1.81.